The lowest BCUT2D eigenvalue weighted by Crippen LogP contribution is -2.30. The van der Waals surface area contributed by atoms with Crippen molar-refractivity contribution in [2.45, 2.75) is 33.7 Å². The lowest BCUT2D eigenvalue weighted by atomic mass is 10.2. The minimum absolute atomic E-state index is 0.182. The average Bonchev–Trinajstić information content (AvgIpc) is 2.97. The van der Waals surface area contributed by atoms with Crippen LogP contribution in [0.3, 0.4) is 0 Å². The first-order valence-corrected chi connectivity index (χ1v) is 8.48. The van der Waals surface area contributed by atoms with Crippen LogP contribution in [0.25, 0.3) is 11.0 Å². The number of hydrogen-bond donors (Lipinski definition) is 2. The predicted molar refractivity (Wildman–Crippen MR) is 101 cm³/mol. The van der Waals surface area contributed by atoms with Gasteiger partial charge in [0.1, 0.15) is 0 Å². The number of anilines is 2. The van der Waals surface area contributed by atoms with E-state index in [0.717, 1.165) is 29.0 Å². The fraction of sp³-hybridized carbons (Fsp3) is 0.316. The average molecular weight is 337 g/mol. The Balaban J connectivity index is 1.76. The van der Waals surface area contributed by atoms with E-state index in [4.69, 9.17) is 0 Å². The summed E-state index contributed by atoms with van der Waals surface area (Å²) in [6.45, 7) is 9.32. The summed E-state index contributed by atoms with van der Waals surface area (Å²) in [5.74, 6) is -0.182. The summed E-state index contributed by atoms with van der Waals surface area (Å²) in [5.41, 5.74) is 3.94. The highest BCUT2D eigenvalue weighted by Crippen LogP contribution is 2.21. The van der Waals surface area contributed by atoms with E-state index in [-0.39, 0.29) is 5.91 Å². The molecule has 0 saturated heterocycles. The fourth-order valence-corrected chi connectivity index (χ4v) is 2.93. The molecule has 0 fully saturated rings. The molecule has 2 heterocycles. The van der Waals surface area contributed by atoms with Crippen LogP contribution in [0, 0.1) is 6.92 Å². The van der Waals surface area contributed by atoms with Crippen molar-refractivity contribution in [1.29, 1.82) is 0 Å². The van der Waals surface area contributed by atoms with Gasteiger partial charge in [0, 0.05) is 41.2 Å². The Morgan fingerprint density at radius 2 is 2.00 bits per heavy atom. The van der Waals surface area contributed by atoms with E-state index in [1.165, 1.54) is 0 Å². The van der Waals surface area contributed by atoms with E-state index in [1.807, 2.05) is 37.3 Å². The second-order valence-corrected chi connectivity index (χ2v) is 6.32. The number of amides is 1. The Morgan fingerprint density at radius 3 is 2.64 bits per heavy atom. The highest BCUT2D eigenvalue weighted by molar-refractivity contribution is 6.05. The summed E-state index contributed by atoms with van der Waals surface area (Å²) in [5, 5.41) is 10.7. The molecule has 130 valence electrons. The summed E-state index contributed by atoms with van der Waals surface area (Å²) in [7, 11) is 0. The maximum Gasteiger partial charge on any atom is 0.257 e. The molecule has 0 aliphatic heterocycles. The first-order chi connectivity index (χ1) is 12.0. The van der Waals surface area contributed by atoms with Crippen LogP contribution in [0.4, 0.5) is 11.4 Å². The van der Waals surface area contributed by atoms with Gasteiger partial charge >= 0.3 is 0 Å². The van der Waals surface area contributed by atoms with Gasteiger partial charge in [0.05, 0.1) is 5.56 Å². The topological polar surface area (TPSA) is 73.9 Å². The highest BCUT2D eigenvalue weighted by atomic mass is 16.1. The molecule has 1 aromatic carbocycles. The Labute approximate surface area is 147 Å². The maximum atomic E-state index is 12.5. The number of fused-ring (bicyclic) bond motifs is 1. The normalized spacial score (nSPS) is 11.1. The standard InChI is InChI=1S/C19H23N5O/c1-5-24(12(2)3)16-8-6-15(7-9-16)21-19(25)14-10-17-13(4)22-23-18(17)20-11-14/h6-12H,5H2,1-4H3,(H,21,25)(H,20,22,23). The number of nitrogens with zero attached hydrogens (tertiary/aromatic N) is 3. The van der Waals surface area contributed by atoms with Crippen LogP contribution in [-0.4, -0.2) is 33.7 Å². The fourth-order valence-electron chi connectivity index (χ4n) is 2.93. The van der Waals surface area contributed by atoms with Crippen LogP contribution in [0.15, 0.2) is 36.5 Å². The van der Waals surface area contributed by atoms with Gasteiger partial charge in [-0.3, -0.25) is 9.89 Å². The molecular weight excluding hydrogens is 314 g/mol. The SMILES string of the molecule is CCN(c1ccc(NC(=O)c2cnc3n[nH]c(C)c3c2)cc1)C(C)C. The number of benzene rings is 1. The number of carbonyl (C=O) groups excluding carboxylic acids is 1. The van der Waals surface area contributed by atoms with Crippen molar-refractivity contribution in [3.8, 4) is 0 Å². The Kier molecular flexibility index (Phi) is 4.70. The minimum atomic E-state index is -0.182. The zero-order valence-electron chi connectivity index (χ0n) is 15.0. The number of H-pyrrole nitrogens is 1. The van der Waals surface area contributed by atoms with Gasteiger partial charge in [-0.25, -0.2) is 4.98 Å². The first-order valence-electron chi connectivity index (χ1n) is 8.48. The summed E-state index contributed by atoms with van der Waals surface area (Å²) < 4.78 is 0. The zero-order valence-corrected chi connectivity index (χ0v) is 15.0. The van der Waals surface area contributed by atoms with E-state index in [1.54, 1.807) is 6.20 Å². The molecule has 2 aromatic heterocycles. The molecule has 0 bridgehead atoms. The third kappa shape index (κ3) is 3.47. The molecule has 0 unspecified atom stereocenters. The summed E-state index contributed by atoms with van der Waals surface area (Å²) in [6.07, 6.45) is 1.55. The van der Waals surface area contributed by atoms with Crippen molar-refractivity contribution < 1.29 is 4.79 Å². The number of aromatic amines is 1. The molecule has 0 aliphatic rings. The molecule has 3 aromatic rings. The Morgan fingerprint density at radius 1 is 1.28 bits per heavy atom. The maximum absolute atomic E-state index is 12.5. The van der Waals surface area contributed by atoms with E-state index in [0.29, 0.717) is 17.3 Å². The van der Waals surface area contributed by atoms with Gasteiger partial charge in [0.2, 0.25) is 0 Å². The predicted octanol–water partition coefficient (Wildman–Crippen LogP) is 3.75. The van der Waals surface area contributed by atoms with E-state index in [2.05, 4.69) is 46.2 Å². The van der Waals surface area contributed by atoms with Crippen molar-refractivity contribution in [2.75, 3.05) is 16.8 Å². The molecule has 0 radical (unpaired) electrons. The molecule has 0 spiro atoms. The molecule has 2 N–H and O–H groups in total. The highest BCUT2D eigenvalue weighted by Gasteiger charge is 2.12. The number of nitrogens with one attached hydrogen (secondary N) is 2. The van der Waals surface area contributed by atoms with E-state index in [9.17, 15) is 4.79 Å². The Hall–Kier alpha value is -2.89. The van der Waals surface area contributed by atoms with E-state index < -0.39 is 0 Å². The number of carbonyl (C=O) groups is 1. The second kappa shape index (κ2) is 6.93. The second-order valence-electron chi connectivity index (χ2n) is 6.32. The molecule has 3 rings (SSSR count). The quantitative estimate of drug-likeness (QED) is 0.743. The first kappa shape index (κ1) is 17.0. The Bertz CT molecular complexity index is 882. The number of aryl methyl sites for hydroxylation is 1. The summed E-state index contributed by atoms with van der Waals surface area (Å²) in [6, 6.07) is 10.1. The van der Waals surface area contributed by atoms with Crippen molar-refractivity contribution in [3.05, 3.63) is 47.8 Å². The van der Waals surface area contributed by atoms with Gasteiger partial charge < -0.3 is 10.2 Å². The van der Waals surface area contributed by atoms with Crippen molar-refractivity contribution in [3.63, 3.8) is 0 Å². The molecule has 25 heavy (non-hydrogen) atoms. The summed E-state index contributed by atoms with van der Waals surface area (Å²) >= 11 is 0. The lowest BCUT2D eigenvalue weighted by molar-refractivity contribution is 0.102. The third-order valence-electron chi connectivity index (χ3n) is 4.28. The molecule has 6 heteroatoms. The molecule has 1 amide bonds. The van der Waals surface area contributed by atoms with Crippen LogP contribution >= 0.6 is 0 Å². The number of pyridine rings is 1. The van der Waals surface area contributed by atoms with Crippen molar-refractivity contribution >= 4 is 28.3 Å². The number of hydrogen-bond acceptors (Lipinski definition) is 4. The van der Waals surface area contributed by atoms with Gasteiger partial charge in [0.15, 0.2) is 5.65 Å². The molecule has 0 saturated carbocycles. The van der Waals surface area contributed by atoms with Crippen LogP contribution in [0.2, 0.25) is 0 Å². The molecule has 0 aliphatic carbocycles. The summed E-state index contributed by atoms with van der Waals surface area (Å²) in [4.78, 5) is 19.0. The number of rotatable bonds is 5. The monoisotopic (exact) mass is 337 g/mol. The smallest absolute Gasteiger partial charge is 0.257 e. The van der Waals surface area contributed by atoms with Gasteiger partial charge in [-0.05, 0) is 58.0 Å². The number of aromatic nitrogens is 3. The van der Waals surface area contributed by atoms with Crippen molar-refractivity contribution in [1.82, 2.24) is 15.2 Å². The van der Waals surface area contributed by atoms with Gasteiger partial charge in [0.25, 0.3) is 5.91 Å². The molecule has 0 atom stereocenters. The zero-order chi connectivity index (χ0) is 18.0. The van der Waals surface area contributed by atoms with Gasteiger partial charge in [-0.15, -0.1) is 0 Å². The van der Waals surface area contributed by atoms with Crippen LogP contribution in [-0.2, 0) is 0 Å². The van der Waals surface area contributed by atoms with Crippen LogP contribution in [0.5, 0.6) is 0 Å². The van der Waals surface area contributed by atoms with Gasteiger partial charge in [-0.1, -0.05) is 0 Å². The van der Waals surface area contributed by atoms with Gasteiger partial charge in [-0.2, -0.15) is 5.10 Å². The lowest BCUT2D eigenvalue weighted by Gasteiger charge is -2.27. The largest absolute Gasteiger partial charge is 0.369 e. The molecule has 6 nitrogen and oxygen atoms in total. The minimum Gasteiger partial charge on any atom is -0.369 e. The third-order valence-corrected chi connectivity index (χ3v) is 4.28. The molecular formula is C19H23N5O. The van der Waals surface area contributed by atoms with E-state index >= 15 is 0 Å². The van der Waals surface area contributed by atoms with Crippen LogP contribution in [0.1, 0.15) is 36.8 Å². The van der Waals surface area contributed by atoms with Crippen molar-refractivity contribution in [2.24, 2.45) is 0 Å². The van der Waals surface area contributed by atoms with Crippen LogP contribution < -0.4 is 10.2 Å².